The first kappa shape index (κ1) is 14.3. The molecule has 114 valence electrons. The fraction of sp³-hybridized carbons (Fsp3) is 0.600. The van der Waals surface area contributed by atoms with Crippen LogP contribution in [0.5, 0.6) is 0 Å². The molecule has 3 heterocycles. The maximum Gasteiger partial charge on any atom is 0.208 e. The smallest absolute Gasteiger partial charge is 0.208 e. The van der Waals surface area contributed by atoms with Crippen molar-refractivity contribution in [3.05, 3.63) is 35.3 Å². The minimum absolute atomic E-state index is 0.162. The van der Waals surface area contributed by atoms with Gasteiger partial charge in [-0.1, -0.05) is 0 Å². The predicted molar refractivity (Wildman–Crippen MR) is 78.0 cm³/mol. The van der Waals surface area contributed by atoms with Crippen LogP contribution < -0.4 is 0 Å². The van der Waals surface area contributed by atoms with Gasteiger partial charge in [0.15, 0.2) is 0 Å². The lowest BCUT2D eigenvalue weighted by molar-refractivity contribution is -0.0423. The molecule has 0 aromatic carbocycles. The van der Waals surface area contributed by atoms with Gasteiger partial charge in [0.05, 0.1) is 37.7 Å². The molecule has 0 bridgehead atoms. The van der Waals surface area contributed by atoms with E-state index in [9.17, 15) is 0 Å². The molecule has 1 aliphatic rings. The Labute approximate surface area is 124 Å². The standard InChI is InChI=1S/C15H22N4O2/c1-11-6-16-19(7-11)9-14-8-18(4-5-20-14)10-15-17-12(2)13(3)21-15/h6-7,14H,4-5,8-10H2,1-3H3/t14-/m1/s1. The van der Waals surface area contributed by atoms with Gasteiger partial charge in [-0.3, -0.25) is 9.58 Å². The van der Waals surface area contributed by atoms with Crippen molar-refractivity contribution >= 4 is 0 Å². The summed E-state index contributed by atoms with van der Waals surface area (Å²) in [6, 6.07) is 0. The second-order valence-corrected chi connectivity index (χ2v) is 5.72. The van der Waals surface area contributed by atoms with Crippen molar-refractivity contribution in [1.29, 1.82) is 0 Å². The largest absolute Gasteiger partial charge is 0.444 e. The van der Waals surface area contributed by atoms with Crippen LogP contribution in [0.4, 0.5) is 0 Å². The highest BCUT2D eigenvalue weighted by Crippen LogP contribution is 2.14. The summed E-state index contributed by atoms with van der Waals surface area (Å²) in [6.07, 6.45) is 4.08. The molecule has 0 unspecified atom stereocenters. The molecule has 2 aromatic rings. The van der Waals surface area contributed by atoms with Gasteiger partial charge >= 0.3 is 0 Å². The van der Waals surface area contributed by atoms with Crippen molar-refractivity contribution in [2.45, 2.75) is 40.0 Å². The van der Waals surface area contributed by atoms with Gasteiger partial charge in [-0.15, -0.1) is 0 Å². The Morgan fingerprint density at radius 1 is 1.33 bits per heavy atom. The van der Waals surface area contributed by atoms with Crippen LogP contribution in [-0.4, -0.2) is 45.5 Å². The topological polar surface area (TPSA) is 56.3 Å². The summed E-state index contributed by atoms with van der Waals surface area (Å²) in [5, 5.41) is 4.32. The van der Waals surface area contributed by atoms with Crippen LogP contribution in [0, 0.1) is 20.8 Å². The zero-order valence-corrected chi connectivity index (χ0v) is 12.9. The maximum atomic E-state index is 5.83. The molecule has 1 aliphatic heterocycles. The number of oxazole rings is 1. The Morgan fingerprint density at radius 2 is 2.19 bits per heavy atom. The summed E-state index contributed by atoms with van der Waals surface area (Å²) in [7, 11) is 0. The van der Waals surface area contributed by atoms with Crippen LogP contribution in [-0.2, 0) is 17.8 Å². The van der Waals surface area contributed by atoms with Gasteiger partial charge in [0, 0.05) is 19.3 Å². The lowest BCUT2D eigenvalue weighted by Gasteiger charge is -2.32. The van der Waals surface area contributed by atoms with Gasteiger partial charge in [0.2, 0.25) is 5.89 Å². The first-order valence-corrected chi connectivity index (χ1v) is 7.36. The zero-order valence-electron chi connectivity index (χ0n) is 12.9. The van der Waals surface area contributed by atoms with Crippen molar-refractivity contribution in [1.82, 2.24) is 19.7 Å². The highest BCUT2D eigenvalue weighted by molar-refractivity contribution is 5.05. The van der Waals surface area contributed by atoms with E-state index < -0.39 is 0 Å². The number of aromatic nitrogens is 3. The Balaban J connectivity index is 1.57. The van der Waals surface area contributed by atoms with E-state index in [1.807, 2.05) is 37.8 Å². The molecule has 1 fully saturated rings. The van der Waals surface area contributed by atoms with Gasteiger partial charge in [0.1, 0.15) is 5.76 Å². The van der Waals surface area contributed by atoms with Crippen LogP contribution in [0.2, 0.25) is 0 Å². The number of rotatable bonds is 4. The van der Waals surface area contributed by atoms with Crippen LogP contribution >= 0.6 is 0 Å². The molecule has 1 saturated heterocycles. The SMILES string of the molecule is Cc1cnn(C[C@H]2CN(Cc3nc(C)c(C)o3)CCO2)c1. The third-order valence-electron chi connectivity index (χ3n) is 3.81. The summed E-state index contributed by atoms with van der Waals surface area (Å²) >= 11 is 0. The maximum absolute atomic E-state index is 5.83. The molecular weight excluding hydrogens is 268 g/mol. The van der Waals surface area contributed by atoms with Gasteiger partial charge < -0.3 is 9.15 Å². The quantitative estimate of drug-likeness (QED) is 0.858. The number of ether oxygens (including phenoxy) is 1. The number of hydrogen-bond donors (Lipinski definition) is 0. The molecule has 21 heavy (non-hydrogen) atoms. The monoisotopic (exact) mass is 290 g/mol. The van der Waals surface area contributed by atoms with Gasteiger partial charge in [-0.25, -0.2) is 4.98 Å². The Bertz CT molecular complexity index is 585. The third kappa shape index (κ3) is 3.51. The predicted octanol–water partition coefficient (Wildman–Crippen LogP) is 1.70. The first-order valence-electron chi connectivity index (χ1n) is 7.36. The van der Waals surface area contributed by atoms with Crippen LogP contribution in [0.1, 0.15) is 22.9 Å². The molecule has 6 heteroatoms. The Hall–Kier alpha value is -1.66. The number of aryl methyl sites for hydroxylation is 3. The van der Waals surface area contributed by atoms with Gasteiger partial charge in [0.25, 0.3) is 0 Å². The van der Waals surface area contributed by atoms with E-state index in [2.05, 4.69) is 15.0 Å². The normalized spacial score (nSPS) is 20.0. The van der Waals surface area contributed by atoms with E-state index >= 15 is 0 Å². The third-order valence-corrected chi connectivity index (χ3v) is 3.81. The second-order valence-electron chi connectivity index (χ2n) is 5.72. The fourth-order valence-electron chi connectivity index (χ4n) is 2.61. The molecule has 6 nitrogen and oxygen atoms in total. The van der Waals surface area contributed by atoms with Crippen LogP contribution in [0.15, 0.2) is 16.8 Å². The van der Waals surface area contributed by atoms with E-state index in [0.717, 1.165) is 50.1 Å². The van der Waals surface area contributed by atoms with E-state index in [1.54, 1.807) is 0 Å². The molecule has 2 aromatic heterocycles. The fourth-order valence-corrected chi connectivity index (χ4v) is 2.61. The first-order chi connectivity index (χ1) is 10.1. The molecule has 1 atom stereocenters. The number of morpholine rings is 1. The molecule has 0 aliphatic carbocycles. The van der Waals surface area contributed by atoms with Crippen LogP contribution in [0.25, 0.3) is 0 Å². The van der Waals surface area contributed by atoms with Crippen molar-refractivity contribution in [3.8, 4) is 0 Å². The number of nitrogens with zero attached hydrogens (tertiary/aromatic N) is 4. The molecule has 0 saturated carbocycles. The Kier molecular flexibility index (Phi) is 4.07. The summed E-state index contributed by atoms with van der Waals surface area (Å²) in [4.78, 5) is 6.78. The minimum atomic E-state index is 0.162. The van der Waals surface area contributed by atoms with Crippen molar-refractivity contribution in [2.24, 2.45) is 0 Å². The van der Waals surface area contributed by atoms with E-state index in [4.69, 9.17) is 9.15 Å². The lowest BCUT2D eigenvalue weighted by atomic mass is 10.2. The lowest BCUT2D eigenvalue weighted by Crippen LogP contribution is -2.43. The minimum Gasteiger partial charge on any atom is -0.444 e. The summed E-state index contributed by atoms with van der Waals surface area (Å²) in [6.45, 7) is 10.0. The van der Waals surface area contributed by atoms with E-state index in [-0.39, 0.29) is 6.10 Å². The molecule has 0 radical (unpaired) electrons. The van der Waals surface area contributed by atoms with Crippen LogP contribution in [0.3, 0.4) is 0 Å². The number of hydrogen-bond acceptors (Lipinski definition) is 5. The van der Waals surface area contributed by atoms with Crippen molar-refractivity contribution < 1.29 is 9.15 Å². The second kappa shape index (κ2) is 5.99. The Morgan fingerprint density at radius 3 is 2.86 bits per heavy atom. The molecule has 3 rings (SSSR count). The average Bonchev–Trinajstić information content (AvgIpc) is 2.97. The average molecular weight is 290 g/mol. The zero-order chi connectivity index (χ0) is 14.8. The van der Waals surface area contributed by atoms with E-state index in [0.29, 0.717) is 0 Å². The van der Waals surface area contributed by atoms with Crippen molar-refractivity contribution in [2.75, 3.05) is 19.7 Å². The van der Waals surface area contributed by atoms with Crippen molar-refractivity contribution in [3.63, 3.8) is 0 Å². The summed E-state index contributed by atoms with van der Waals surface area (Å²) in [5.74, 6) is 1.70. The summed E-state index contributed by atoms with van der Waals surface area (Å²) < 4.78 is 13.4. The molecule has 0 spiro atoms. The molecule has 0 amide bonds. The van der Waals surface area contributed by atoms with E-state index in [1.165, 1.54) is 5.56 Å². The molecule has 0 N–H and O–H groups in total. The van der Waals surface area contributed by atoms with Gasteiger partial charge in [-0.05, 0) is 26.3 Å². The summed E-state index contributed by atoms with van der Waals surface area (Å²) in [5.41, 5.74) is 2.15. The molecular formula is C15H22N4O2. The highest BCUT2D eigenvalue weighted by atomic mass is 16.5. The van der Waals surface area contributed by atoms with Gasteiger partial charge in [-0.2, -0.15) is 5.10 Å². The highest BCUT2D eigenvalue weighted by Gasteiger charge is 2.22.